The van der Waals surface area contributed by atoms with Crippen LogP contribution in [0.3, 0.4) is 0 Å². The van der Waals surface area contributed by atoms with Crippen molar-refractivity contribution in [1.82, 2.24) is 5.32 Å². The Bertz CT molecular complexity index is 523. The Morgan fingerprint density at radius 3 is 2.57 bits per heavy atom. The molecule has 5 heteroatoms. The number of anilines is 1. The van der Waals surface area contributed by atoms with Gasteiger partial charge in [-0.1, -0.05) is 24.3 Å². The predicted molar refractivity (Wildman–Crippen MR) is 81.3 cm³/mol. The smallest absolute Gasteiger partial charge is 0.319 e. The maximum atomic E-state index is 11.9. The van der Waals surface area contributed by atoms with E-state index in [1.807, 2.05) is 12.1 Å². The van der Waals surface area contributed by atoms with Crippen LogP contribution in [0.25, 0.3) is 0 Å². The Labute approximate surface area is 124 Å². The fourth-order valence-electron chi connectivity index (χ4n) is 2.28. The number of rotatable bonds is 5. The molecule has 0 aliphatic heterocycles. The van der Waals surface area contributed by atoms with Gasteiger partial charge >= 0.3 is 12.0 Å². The molecule has 0 heterocycles. The second kappa shape index (κ2) is 7.47. The molecule has 0 fully saturated rings. The maximum Gasteiger partial charge on any atom is 0.319 e. The number of carbonyl (C=O) groups is 2. The minimum absolute atomic E-state index is 0.114. The number of allylic oxidation sites excluding steroid dienone is 1. The Hall–Kier alpha value is -2.30. The van der Waals surface area contributed by atoms with Crippen molar-refractivity contribution in [2.45, 2.75) is 38.1 Å². The number of hydrogen-bond donors (Lipinski definition) is 3. The first-order valence-electron chi connectivity index (χ1n) is 7.17. The molecule has 0 saturated heterocycles. The molecule has 1 unspecified atom stereocenters. The third kappa shape index (κ3) is 5.30. The van der Waals surface area contributed by atoms with Crippen LogP contribution in [0.4, 0.5) is 10.5 Å². The van der Waals surface area contributed by atoms with E-state index in [1.54, 1.807) is 12.1 Å². The molecule has 1 atom stereocenters. The Morgan fingerprint density at radius 1 is 1.19 bits per heavy atom. The van der Waals surface area contributed by atoms with Gasteiger partial charge in [-0.2, -0.15) is 0 Å². The Kier molecular flexibility index (Phi) is 5.37. The van der Waals surface area contributed by atoms with Gasteiger partial charge in [-0.15, -0.1) is 0 Å². The quantitative estimate of drug-likeness (QED) is 0.729. The number of benzene rings is 1. The molecule has 0 bridgehead atoms. The minimum Gasteiger partial charge on any atom is -0.481 e. The van der Waals surface area contributed by atoms with E-state index in [0.717, 1.165) is 24.8 Å². The number of aliphatic carboxylic acids is 1. The molecule has 1 aromatic carbocycles. The molecule has 1 aliphatic carbocycles. The van der Waals surface area contributed by atoms with Crippen molar-refractivity contribution in [1.29, 1.82) is 0 Å². The van der Waals surface area contributed by atoms with Crippen molar-refractivity contribution in [3.05, 3.63) is 42.0 Å². The van der Waals surface area contributed by atoms with Gasteiger partial charge in [-0.05, 0) is 43.4 Å². The average molecular weight is 288 g/mol. The highest BCUT2D eigenvalue weighted by molar-refractivity contribution is 5.89. The number of nitrogens with one attached hydrogen (secondary N) is 2. The number of carbonyl (C=O) groups excluding carboxylic acids is 1. The highest BCUT2D eigenvalue weighted by atomic mass is 16.4. The van der Waals surface area contributed by atoms with E-state index in [0.29, 0.717) is 12.1 Å². The molecular formula is C16H20N2O3. The standard InChI is InChI=1S/C16H20N2O3/c19-15(20)11-8-12-6-9-14(10-7-12)18-16(21)17-13-4-2-1-3-5-13/h1-2,6-7,9-10,13H,3-5,8,11H2,(H,19,20)(H2,17,18,21). The van der Waals surface area contributed by atoms with Crippen LogP contribution in [-0.2, 0) is 11.2 Å². The fraction of sp³-hybridized carbons (Fsp3) is 0.375. The molecule has 21 heavy (non-hydrogen) atoms. The second-order valence-electron chi connectivity index (χ2n) is 5.17. The van der Waals surface area contributed by atoms with Crippen molar-refractivity contribution in [2.24, 2.45) is 0 Å². The number of carboxylic acid groups (broad SMARTS) is 1. The van der Waals surface area contributed by atoms with Gasteiger partial charge in [0.05, 0.1) is 0 Å². The second-order valence-corrected chi connectivity index (χ2v) is 5.17. The molecule has 1 aromatic rings. The molecule has 112 valence electrons. The monoisotopic (exact) mass is 288 g/mol. The molecule has 0 radical (unpaired) electrons. The molecule has 5 nitrogen and oxygen atoms in total. The number of carboxylic acids is 1. The summed E-state index contributed by atoms with van der Waals surface area (Å²) in [4.78, 5) is 22.4. The molecule has 0 aromatic heterocycles. The van der Waals surface area contributed by atoms with E-state index in [-0.39, 0.29) is 18.5 Å². The van der Waals surface area contributed by atoms with Gasteiger partial charge in [0.2, 0.25) is 0 Å². The fourth-order valence-corrected chi connectivity index (χ4v) is 2.28. The van der Waals surface area contributed by atoms with E-state index < -0.39 is 5.97 Å². The number of hydrogen-bond acceptors (Lipinski definition) is 2. The van der Waals surface area contributed by atoms with Crippen LogP contribution in [0.5, 0.6) is 0 Å². The van der Waals surface area contributed by atoms with Crippen LogP contribution in [0.1, 0.15) is 31.2 Å². The zero-order valence-corrected chi connectivity index (χ0v) is 11.8. The van der Waals surface area contributed by atoms with Crippen molar-refractivity contribution >= 4 is 17.7 Å². The minimum atomic E-state index is -0.807. The lowest BCUT2D eigenvalue weighted by atomic mass is 10.0. The molecule has 3 N–H and O–H groups in total. The van der Waals surface area contributed by atoms with Gasteiger partial charge in [-0.25, -0.2) is 4.79 Å². The summed E-state index contributed by atoms with van der Waals surface area (Å²) in [6.07, 6.45) is 7.68. The van der Waals surface area contributed by atoms with Gasteiger partial charge in [0, 0.05) is 18.2 Å². The van der Waals surface area contributed by atoms with Crippen molar-refractivity contribution in [2.75, 3.05) is 5.32 Å². The molecule has 1 aliphatic rings. The molecule has 2 amide bonds. The van der Waals surface area contributed by atoms with Crippen molar-refractivity contribution in [3.63, 3.8) is 0 Å². The van der Waals surface area contributed by atoms with Gasteiger partial charge in [0.1, 0.15) is 0 Å². The van der Waals surface area contributed by atoms with E-state index >= 15 is 0 Å². The largest absolute Gasteiger partial charge is 0.481 e. The highest BCUT2D eigenvalue weighted by Crippen LogP contribution is 2.13. The Balaban J connectivity index is 1.80. The summed E-state index contributed by atoms with van der Waals surface area (Å²) < 4.78 is 0. The average Bonchev–Trinajstić information content (AvgIpc) is 2.47. The third-order valence-electron chi connectivity index (χ3n) is 3.44. The zero-order valence-electron chi connectivity index (χ0n) is 11.8. The third-order valence-corrected chi connectivity index (χ3v) is 3.44. The van der Waals surface area contributed by atoms with Gasteiger partial charge in [-0.3, -0.25) is 4.79 Å². The van der Waals surface area contributed by atoms with E-state index in [1.165, 1.54) is 0 Å². The lowest BCUT2D eigenvalue weighted by molar-refractivity contribution is -0.136. The summed E-state index contributed by atoms with van der Waals surface area (Å²) in [5.41, 5.74) is 1.65. The topological polar surface area (TPSA) is 78.4 Å². The van der Waals surface area contributed by atoms with Crippen LogP contribution in [0, 0.1) is 0 Å². The zero-order chi connectivity index (χ0) is 15.1. The van der Waals surface area contributed by atoms with Crippen LogP contribution >= 0.6 is 0 Å². The number of amides is 2. The Morgan fingerprint density at radius 2 is 1.95 bits per heavy atom. The summed E-state index contributed by atoms with van der Waals surface area (Å²) in [6, 6.07) is 7.25. The van der Waals surface area contributed by atoms with E-state index in [4.69, 9.17) is 5.11 Å². The first-order chi connectivity index (χ1) is 10.1. The van der Waals surface area contributed by atoms with Gasteiger partial charge in [0.25, 0.3) is 0 Å². The van der Waals surface area contributed by atoms with Crippen LogP contribution in [0.15, 0.2) is 36.4 Å². The SMILES string of the molecule is O=C(O)CCc1ccc(NC(=O)NC2CC=CCC2)cc1. The predicted octanol–water partition coefficient (Wildman–Crippen LogP) is 2.93. The normalized spacial score (nSPS) is 17.2. The lowest BCUT2D eigenvalue weighted by Crippen LogP contribution is -2.38. The van der Waals surface area contributed by atoms with Gasteiger partial charge < -0.3 is 15.7 Å². The molecule has 0 saturated carbocycles. The molecule has 0 spiro atoms. The van der Waals surface area contributed by atoms with Crippen molar-refractivity contribution in [3.8, 4) is 0 Å². The van der Waals surface area contributed by atoms with Crippen LogP contribution in [-0.4, -0.2) is 23.1 Å². The first-order valence-corrected chi connectivity index (χ1v) is 7.17. The first kappa shape index (κ1) is 15.1. The molecular weight excluding hydrogens is 268 g/mol. The highest BCUT2D eigenvalue weighted by Gasteiger charge is 2.12. The summed E-state index contributed by atoms with van der Waals surface area (Å²) in [6.45, 7) is 0. The van der Waals surface area contributed by atoms with Crippen LogP contribution < -0.4 is 10.6 Å². The number of aryl methyl sites for hydroxylation is 1. The van der Waals surface area contributed by atoms with E-state index in [2.05, 4.69) is 22.8 Å². The summed E-state index contributed by atoms with van der Waals surface area (Å²) in [5.74, 6) is -0.807. The number of urea groups is 1. The lowest BCUT2D eigenvalue weighted by Gasteiger charge is -2.19. The summed E-state index contributed by atoms with van der Waals surface area (Å²) in [5, 5.41) is 14.4. The maximum absolute atomic E-state index is 11.9. The van der Waals surface area contributed by atoms with Crippen LogP contribution in [0.2, 0.25) is 0 Å². The molecule has 2 rings (SSSR count). The van der Waals surface area contributed by atoms with Gasteiger partial charge in [0.15, 0.2) is 0 Å². The van der Waals surface area contributed by atoms with Crippen molar-refractivity contribution < 1.29 is 14.7 Å². The summed E-state index contributed by atoms with van der Waals surface area (Å²) >= 11 is 0. The van der Waals surface area contributed by atoms with E-state index in [9.17, 15) is 9.59 Å². The summed E-state index contributed by atoms with van der Waals surface area (Å²) in [7, 11) is 0.